The fourth-order valence-electron chi connectivity index (χ4n) is 7.48. The van der Waals surface area contributed by atoms with Crippen molar-refractivity contribution in [3.8, 4) is 5.69 Å². The first-order chi connectivity index (χ1) is 23.1. The summed E-state index contributed by atoms with van der Waals surface area (Å²) in [7, 11) is 2.24. The summed E-state index contributed by atoms with van der Waals surface area (Å²) >= 11 is 1.83. The van der Waals surface area contributed by atoms with E-state index >= 15 is 0 Å². The van der Waals surface area contributed by atoms with E-state index in [1.807, 2.05) is 11.3 Å². The predicted molar refractivity (Wildman–Crippen MR) is 203 cm³/mol. The minimum atomic E-state index is -0.0226. The Balaban J connectivity index is 1.35. The topological polar surface area (TPSA) is 13.1 Å². The number of fused-ring (bicyclic) bond motifs is 8. The summed E-state index contributed by atoms with van der Waals surface area (Å²) in [6, 6.07) is 52.4. The molecule has 0 aliphatic carbocycles. The van der Waals surface area contributed by atoms with Gasteiger partial charge in [-0.25, -0.2) is 0 Å². The molecule has 0 saturated carbocycles. The molecule has 9 rings (SSSR count). The number of hydrogen-bond donors (Lipinski definition) is 0. The summed E-state index contributed by atoms with van der Waals surface area (Å²) in [5, 5.41) is 6.30. The normalized spacial score (nSPS) is 12.5. The highest BCUT2D eigenvalue weighted by Gasteiger charge is 2.27. The van der Waals surface area contributed by atoms with Crippen LogP contribution >= 0.6 is 11.3 Å². The van der Waals surface area contributed by atoms with E-state index in [0.29, 0.717) is 0 Å². The molecular formula is C43H33N3S. The van der Waals surface area contributed by atoms with Crippen LogP contribution in [0.1, 0.15) is 23.5 Å². The Kier molecular flexibility index (Phi) is 6.34. The number of aromatic nitrogens is 2. The van der Waals surface area contributed by atoms with Crippen LogP contribution in [-0.2, 0) is 0 Å². The van der Waals surface area contributed by atoms with E-state index in [1.165, 1.54) is 64.3 Å². The maximum atomic E-state index is 4.64. The van der Waals surface area contributed by atoms with Gasteiger partial charge in [0.15, 0.2) is 0 Å². The van der Waals surface area contributed by atoms with Crippen LogP contribution < -0.4 is 4.90 Å². The van der Waals surface area contributed by atoms with Gasteiger partial charge in [-0.15, -0.1) is 11.3 Å². The number of rotatable bonds is 6. The van der Waals surface area contributed by atoms with Crippen LogP contribution in [0.25, 0.3) is 65.0 Å². The minimum absolute atomic E-state index is 0.0226. The smallest absolute Gasteiger partial charge is 0.103 e. The van der Waals surface area contributed by atoms with E-state index < -0.39 is 0 Å². The fraction of sp³-hybridized carbons (Fsp3) is 0.0698. The second-order valence-electron chi connectivity index (χ2n) is 12.3. The summed E-state index contributed by atoms with van der Waals surface area (Å²) in [5.74, 6) is 0. The van der Waals surface area contributed by atoms with Crippen LogP contribution in [0.5, 0.6) is 0 Å². The zero-order valence-electron chi connectivity index (χ0n) is 26.4. The van der Waals surface area contributed by atoms with Gasteiger partial charge in [-0.3, -0.25) is 0 Å². The molecule has 226 valence electrons. The summed E-state index contributed by atoms with van der Waals surface area (Å²) in [4.78, 5) is 3.67. The second-order valence-corrected chi connectivity index (χ2v) is 13.3. The van der Waals surface area contributed by atoms with Crippen LogP contribution in [0, 0.1) is 0 Å². The van der Waals surface area contributed by atoms with E-state index in [-0.39, 0.29) is 6.17 Å². The van der Waals surface area contributed by atoms with E-state index in [9.17, 15) is 0 Å². The molecule has 3 heterocycles. The van der Waals surface area contributed by atoms with Gasteiger partial charge in [0.05, 0.1) is 32.6 Å². The van der Waals surface area contributed by atoms with Crippen LogP contribution in [0.15, 0.2) is 152 Å². The molecule has 3 nitrogen and oxygen atoms in total. The van der Waals surface area contributed by atoms with Gasteiger partial charge >= 0.3 is 0 Å². The lowest BCUT2D eigenvalue weighted by molar-refractivity contribution is 0.572. The molecule has 3 aromatic heterocycles. The van der Waals surface area contributed by atoms with E-state index in [0.717, 1.165) is 16.8 Å². The average Bonchev–Trinajstić information content (AvgIpc) is 3.79. The number of para-hydroxylation sites is 3. The standard InChI is InChI=1S/C43H33N3S/c1-28(30-16-6-4-7-17-30)43-42(36-22-12-15-25-39(36)47-43)44(3)29(2)45-37-23-13-10-20-32(37)34-26-27-35-33-21-11-14-24-38(33)46(41(35)40(34)45)31-18-8-5-9-19-31/h4-27,29H,1H2,2-3H3. The molecule has 0 aliphatic heterocycles. The molecular weight excluding hydrogens is 591 g/mol. The van der Waals surface area contributed by atoms with Gasteiger partial charge < -0.3 is 14.0 Å². The lowest BCUT2D eigenvalue weighted by atomic mass is 10.0. The molecule has 0 radical (unpaired) electrons. The third-order valence-electron chi connectivity index (χ3n) is 9.77. The average molecular weight is 624 g/mol. The molecule has 4 heteroatoms. The van der Waals surface area contributed by atoms with Gasteiger partial charge in [0, 0.05) is 44.4 Å². The summed E-state index contributed by atoms with van der Waals surface area (Å²) in [6.45, 7) is 6.97. The van der Waals surface area contributed by atoms with E-state index in [2.05, 4.69) is 180 Å². The van der Waals surface area contributed by atoms with Crippen LogP contribution in [0.2, 0.25) is 0 Å². The largest absolute Gasteiger partial charge is 0.353 e. The Labute approximate surface area is 277 Å². The number of hydrogen-bond acceptors (Lipinski definition) is 2. The molecule has 0 amide bonds. The van der Waals surface area contributed by atoms with Gasteiger partial charge in [-0.05, 0) is 48.4 Å². The molecule has 0 saturated heterocycles. The Morgan fingerprint density at radius 1 is 0.596 bits per heavy atom. The first-order valence-electron chi connectivity index (χ1n) is 16.1. The predicted octanol–water partition coefficient (Wildman–Crippen LogP) is 11.8. The van der Waals surface area contributed by atoms with Crippen molar-refractivity contribution in [3.63, 3.8) is 0 Å². The van der Waals surface area contributed by atoms with Crippen LogP contribution in [0.4, 0.5) is 5.69 Å². The first-order valence-corrected chi connectivity index (χ1v) is 16.9. The first kappa shape index (κ1) is 27.7. The lowest BCUT2D eigenvalue weighted by Gasteiger charge is -2.31. The molecule has 0 N–H and O–H groups in total. The Morgan fingerprint density at radius 3 is 1.87 bits per heavy atom. The highest BCUT2D eigenvalue weighted by atomic mass is 32.1. The third-order valence-corrected chi connectivity index (χ3v) is 11.0. The summed E-state index contributed by atoms with van der Waals surface area (Å²) < 4.78 is 6.28. The quantitative estimate of drug-likeness (QED) is 0.180. The van der Waals surface area contributed by atoms with Crippen LogP contribution in [0.3, 0.4) is 0 Å². The van der Waals surface area contributed by atoms with E-state index in [4.69, 9.17) is 0 Å². The number of nitrogens with zero attached hydrogens (tertiary/aromatic N) is 3. The molecule has 1 unspecified atom stereocenters. The SMILES string of the molecule is C=C(c1ccccc1)c1sc2ccccc2c1N(C)C(C)n1c2ccccc2c2ccc3c4ccccc4n(-c4ccccc4)c3c21. The Bertz CT molecular complexity index is 2620. The maximum absolute atomic E-state index is 4.64. The van der Waals surface area contributed by atoms with Crippen molar-refractivity contribution in [2.24, 2.45) is 0 Å². The highest BCUT2D eigenvalue weighted by Crippen LogP contribution is 2.47. The maximum Gasteiger partial charge on any atom is 0.103 e. The highest BCUT2D eigenvalue weighted by molar-refractivity contribution is 7.20. The van der Waals surface area contributed by atoms with Crippen LogP contribution in [-0.4, -0.2) is 16.2 Å². The van der Waals surface area contributed by atoms with Crippen molar-refractivity contribution in [2.45, 2.75) is 13.1 Å². The molecule has 1 atom stereocenters. The van der Waals surface area contributed by atoms with Crippen molar-refractivity contribution in [3.05, 3.63) is 163 Å². The molecule has 0 fully saturated rings. The molecule has 0 spiro atoms. The minimum Gasteiger partial charge on any atom is -0.353 e. The van der Waals surface area contributed by atoms with Gasteiger partial charge in [-0.1, -0.05) is 122 Å². The monoisotopic (exact) mass is 623 g/mol. The van der Waals surface area contributed by atoms with Crippen molar-refractivity contribution in [1.82, 2.24) is 9.13 Å². The molecule has 0 bridgehead atoms. The van der Waals surface area contributed by atoms with Gasteiger partial charge in [0.1, 0.15) is 6.17 Å². The number of thiophene rings is 1. The Morgan fingerprint density at radius 2 is 1.15 bits per heavy atom. The van der Waals surface area contributed by atoms with Crippen molar-refractivity contribution in [1.29, 1.82) is 0 Å². The Hall–Kier alpha value is -5.58. The molecule has 47 heavy (non-hydrogen) atoms. The third kappa shape index (κ3) is 4.11. The van der Waals surface area contributed by atoms with Gasteiger partial charge in [0.25, 0.3) is 0 Å². The second kappa shape index (κ2) is 10.8. The molecule has 6 aromatic carbocycles. The van der Waals surface area contributed by atoms with Crippen molar-refractivity contribution in [2.75, 3.05) is 11.9 Å². The number of anilines is 1. The van der Waals surface area contributed by atoms with Crippen molar-refractivity contribution >= 4 is 76.3 Å². The molecule has 9 aromatic rings. The zero-order chi connectivity index (χ0) is 31.6. The molecule has 0 aliphatic rings. The van der Waals surface area contributed by atoms with Gasteiger partial charge in [-0.2, -0.15) is 0 Å². The van der Waals surface area contributed by atoms with Crippen molar-refractivity contribution < 1.29 is 0 Å². The summed E-state index contributed by atoms with van der Waals surface area (Å²) in [6.07, 6.45) is -0.0226. The zero-order valence-corrected chi connectivity index (χ0v) is 27.2. The van der Waals surface area contributed by atoms with E-state index in [1.54, 1.807) is 0 Å². The summed E-state index contributed by atoms with van der Waals surface area (Å²) in [5.41, 5.74) is 9.48. The number of benzene rings is 6. The fourth-order valence-corrected chi connectivity index (χ4v) is 8.72. The lowest BCUT2D eigenvalue weighted by Crippen LogP contribution is -2.27. The van der Waals surface area contributed by atoms with Gasteiger partial charge in [0.2, 0.25) is 0 Å².